The monoisotopic (exact) mass is 342 g/mol. The number of anilines is 1. The van der Waals surface area contributed by atoms with Gasteiger partial charge < -0.3 is 20.1 Å². The van der Waals surface area contributed by atoms with E-state index in [4.69, 9.17) is 9.47 Å². The van der Waals surface area contributed by atoms with E-state index in [-0.39, 0.29) is 24.4 Å². The predicted molar refractivity (Wildman–Crippen MR) is 94.6 cm³/mol. The summed E-state index contributed by atoms with van der Waals surface area (Å²) in [6.07, 6.45) is 1.01. The van der Waals surface area contributed by atoms with Crippen LogP contribution in [0.5, 0.6) is 5.75 Å². The molecule has 1 saturated heterocycles. The fraction of sp³-hybridized carbons (Fsp3) is 0.588. The predicted octanol–water partition coefficient (Wildman–Crippen LogP) is 2.77. The fourth-order valence-corrected chi connectivity index (χ4v) is 2.20. The van der Waals surface area contributed by atoms with Gasteiger partial charge in [0.05, 0.1) is 19.8 Å². The van der Waals surface area contributed by atoms with Crippen LogP contribution in [0.1, 0.15) is 25.8 Å². The lowest BCUT2D eigenvalue weighted by Gasteiger charge is -2.23. The molecule has 1 unspecified atom stereocenters. The smallest absolute Gasteiger partial charge is 0.243 e. The quantitative estimate of drug-likeness (QED) is 0.834. The summed E-state index contributed by atoms with van der Waals surface area (Å²) in [4.78, 5) is 12.2. The topological polar surface area (TPSA) is 59.6 Å². The van der Waals surface area contributed by atoms with Gasteiger partial charge in [-0.25, -0.2) is 0 Å². The summed E-state index contributed by atoms with van der Waals surface area (Å²) in [6.45, 7) is 8.81. The van der Waals surface area contributed by atoms with Crippen LogP contribution in [0.15, 0.2) is 18.2 Å². The molecule has 130 valence electrons. The highest BCUT2D eigenvalue weighted by molar-refractivity contribution is 5.95. The van der Waals surface area contributed by atoms with E-state index in [1.807, 2.05) is 25.1 Å². The molecule has 0 bridgehead atoms. The number of morpholine rings is 1. The highest BCUT2D eigenvalue weighted by Gasteiger charge is 2.21. The lowest BCUT2D eigenvalue weighted by molar-refractivity contribution is -0.120. The van der Waals surface area contributed by atoms with E-state index in [9.17, 15) is 4.79 Å². The molecular weight excluding hydrogens is 316 g/mol. The Bertz CT molecular complexity index is 503. The van der Waals surface area contributed by atoms with E-state index >= 15 is 0 Å². The molecule has 6 heteroatoms. The van der Waals surface area contributed by atoms with Crippen molar-refractivity contribution >= 4 is 24.0 Å². The first kappa shape index (κ1) is 19.7. The summed E-state index contributed by atoms with van der Waals surface area (Å²) in [5.74, 6) is 1.36. The van der Waals surface area contributed by atoms with Crippen molar-refractivity contribution in [1.29, 1.82) is 0 Å². The van der Waals surface area contributed by atoms with Crippen LogP contribution in [0, 0.1) is 12.8 Å². The highest BCUT2D eigenvalue weighted by Crippen LogP contribution is 2.23. The summed E-state index contributed by atoms with van der Waals surface area (Å²) >= 11 is 0. The summed E-state index contributed by atoms with van der Waals surface area (Å²) in [7, 11) is 0. The molecule has 1 heterocycles. The molecule has 1 aromatic carbocycles. The van der Waals surface area contributed by atoms with Gasteiger partial charge in [-0.1, -0.05) is 19.9 Å². The third kappa shape index (κ3) is 6.37. The minimum Gasteiger partial charge on any atom is -0.493 e. The summed E-state index contributed by atoms with van der Waals surface area (Å²) in [6, 6.07) is 5.45. The van der Waals surface area contributed by atoms with Gasteiger partial charge in [0, 0.05) is 18.3 Å². The molecule has 1 fully saturated rings. The van der Waals surface area contributed by atoms with Gasteiger partial charge in [-0.15, -0.1) is 12.4 Å². The van der Waals surface area contributed by atoms with Crippen molar-refractivity contribution < 1.29 is 14.3 Å². The summed E-state index contributed by atoms with van der Waals surface area (Å²) in [5.41, 5.74) is 1.82. The fourth-order valence-electron chi connectivity index (χ4n) is 2.20. The number of ether oxygens (including phenoxy) is 2. The van der Waals surface area contributed by atoms with Gasteiger partial charge >= 0.3 is 0 Å². The average Bonchev–Trinajstić information content (AvgIpc) is 2.51. The Balaban J connectivity index is 0.00000264. The van der Waals surface area contributed by atoms with Crippen LogP contribution in [0.4, 0.5) is 5.69 Å². The van der Waals surface area contributed by atoms with Crippen LogP contribution in [0.25, 0.3) is 0 Å². The van der Waals surface area contributed by atoms with E-state index < -0.39 is 0 Å². The van der Waals surface area contributed by atoms with Gasteiger partial charge in [-0.05, 0) is 30.9 Å². The lowest BCUT2D eigenvalue weighted by atomic mass is 10.1. The minimum absolute atomic E-state index is 0. The van der Waals surface area contributed by atoms with Crippen LogP contribution < -0.4 is 15.4 Å². The number of carbonyl (C=O) groups excluding carboxylic acids is 1. The van der Waals surface area contributed by atoms with Crippen molar-refractivity contribution in [2.75, 3.05) is 31.7 Å². The molecule has 1 aliphatic heterocycles. The van der Waals surface area contributed by atoms with Gasteiger partial charge in [0.25, 0.3) is 0 Å². The number of halogens is 1. The number of benzene rings is 1. The maximum absolute atomic E-state index is 12.2. The Morgan fingerprint density at radius 3 is 2.91 bits per heavy atom. The summed E-state index contributed by atoms with van der Waals surface area (Å²) < 4.78 is 11.1. The second-order valence-corrected chi connectivity index (χ2v) is 6.08. The van der Waals surface area contributed by atoms with Gasteiger partial charge in [-0.3, -0.25) is 4.79 Å². The van der Waals surface area contributed by atoms with Crippen molar-refractivity contribution in [3.8, 4) is 5.75 Å². The molecule has 0 aromatic heterocycles. The number of aryl methyl sites for hydroxylation is 1. The van der Waals surface area contributed by atoms with Crippen molar-refractivity contribution in [2.45, 2.75) is 33.2 Å². The molecule has 1 atom stereocenters. The van der Waals surface area contributed by atoms with E-state index in [0.717, 1.165) is 23.4 Å². The van der Waals surface area contributed by atoms with E-state index in [1.54, 1.807) is 0 Å². The van der Waals surface area contributed by atoms with Gasteiger partial charge in [0.1, 0.15) is 11.8 Å². The van der Waals surface area contributed by atoms with Crippen LogP contribution in [-0.2, 0) is 9.53 Å². The van der Waals surface area contributed by atoms with Crippen molar-refractivity contribution in [3.05, 3.63) is 23.8 Å². The first-order chi connectivity index (χ1) is 10.6. The first-order valence-corrected chi connectivity index (χ1v) is 7.91. The lowest BCUT2D eigenvalue weighted by Crippen LogP contribution is -2.48. The Hall–Kier alpha value is -1.30. The van der Waals surface area contributed by atoms with Crippen molar-refractivity contribution in [1.82, 2.24) is 5.32 Å². The Labute approximate surface area is 144 Å². The third-order valence-corrected chi connectivity index (χ3v) is 3.65. The molecule has 0 saturated carbocycles. The van der Waals surface area contributed by atoms with E-state index in [2.05, 4.69) is 24.5 Å². The minimum atomic E-state index is -0.291. The van der Waals surface area contributed by atoms with Crippen LogP contribution in [0.3, 0.4) is 0 Å². The van der Waals surface area contributed by atoms with Gasteiger partial charge in [0.15, 0.2) is 0 Å². The molecule has 5 nitrogen and oxygen atoms in total. The molecule has 1 aromatic rings. The van der Waals surface area contributed by atoms with Gasteiger partial charge in [0.2, 0.25) is 5.91 Å². The normalized spacial score (nSPS) is 17.5. The molecular formula is C17H27ClN2O3. The first-order valence-electron chi connectivity index (χ1n) is 7.91. The molecule has 23 heavy (non-hydrogen) atoms. The van der Waals surface area contributed by atoms with Crippen LogP contribution in [0.2, 0.25) is 0 Å². The molecule has 0 radical (unpaired) electrons. The standard InChI is InChI=1S/C17H26N2O3.ClH/c1-12(2)6-8-22-16-10-14(5-4-13(16)3)19-17(20)15-11-21-9-7-18-15;/h4-5,10,12,15,18H,6-9,11H2,1-3H3,(H,19,20);1H. The Morgan fingerprint density at radius 2 is 2.26 bits per heavy atom. The molecule has 1 aliphatic rings. The number of rotatable bonds is 6. The summed E-state index contributed by atoms with van der Waals surface area (Å²) in [5, 5.41) is 6.06. The molecule has 0 spiro atoms. The molecule has 0 aliphatic carbocycles. The van der Waals surface area contributed by atoms with Crippen molar-refractivity contribution in [2.24, 2.45) is 5.92 Å². The van der Waals surface area contributed by atoms with Crippen LogP contribution in [-0.4, -0.2) is 38.3 Å². The largest absolute Gasteiger partial charge is 0.493 e. The maximum atomic E-state index is 12.2. The van der Waals surface area contributed by atoms with E-state index in [1.165, 1.54) is 0 Å². The average molecular weight is 343 g/mol. The van der Waals surface area contributed by atoms with Gasteiger partial charge in [-0.2, -0.15) is 0 Å². The molecule has 1 amide bonds. The number of nitrogens with one attached hydrogen (secondary N) is 2. The number of hydrogen-bond donors (Lipinski definition) is 2. The Morgan fingerprint density at radius 1 is 1.48 bits per heavy atom. The third-order valence-electron chi connectivity index (χ3n) is 3.65. The number of amides is 1. The van der Waals surface area contributed by atoms with E-state index in [0.29, 0.717) is 32.3 Å². The number of hydrogen-bond acceptors (Lipinski definition) is 4. The van der Waals surface area contributed by atoms with Crippen molar-refractivity contribution in [3.63, 3.8) is 0 Å². The maximum Gasteiger partial charge on any atom is 0.243 e. The second-order valence-electron chi connectivity index (χ2n) is 6.08. The second kappa shape index (κ2) is 9.75. The molecule has 2 N–H and O–H groups in total. The molecule has 2 rings (SSSR count). The van der Waals surface area contributed by atoms with Crippen LogP contribution >= 0.6 is 12.4 Å². The zero-order chi connectivity index (χ0) is 15.9. The zero-order valence-corrected chi connectivity index (χ0v) is 14.9. The number of carbonyl (C=O) groups is 1. The zero-order valence-electron chi connectivity index (χ0n) is 14.1. The Kier molecular flexibility index (Phi) is 8.37. The highest BCUT2D eigenvalue weighted by atomic mass is 35.5. The SMILES string of the molecule is Cc1ccc(NC(=O)C2COCCN2)cc1OCCC(C)C.Cl.